The Morgan fingerprint density at radius 2 is 2.29 bits per heavy atom. The van der Waals surface area contributed by atoms with Crippen LogP contribution in [0.3, 0.4) is 0 Å². The highest BCUT2D eigenvalue weighted by Crippen LogP contribution is 2.02. The number of nitrogens with zero attached hydrogens (tertiary/aromatic N) is 2. The molecule has 0 aromatic carbocycles. The number of methoxy groups -OCH3 is 1. The lowest BCUT2D eigenvalue weighted by Gasteiger charge is -2.21. The highest BCUT2D eigenvalue weighted by atomic mass is 32.1. The zero-order valence-electron chi connectivity index (χ0n) is 10.1. The summed E-state index contributed by atoms with van der Waals surface area (Å²) in [6.07, 6.45) is 2.53. The van der Waals surface area contributed by atoms with E-state index in [1.807, 2.05) is 18.2 Å². The van der Waals surface area contributed by atoms with Crippen molar-refractivity contribution in [3.05, 3.63) is 30.1 Å². The minimum Gasteiger partial charge on any atom is -0.393 e. The number of pyridine rings is 1. The maximum Gasteiger partial charge on any atom is 0.0740 e. The van der Waals surface area contributed by atoms with Crippen LogP contribution in [0.15, 0.2) is 24.4 Å². The summed E-state index contributed by atoms with van der Waals surface area (Å²) >= 11 is 4.90. The van der Waals surface area contributed by atoms with Gasteiger partial charge in [-0.1, -0.05) is 18.3 Å². The number of rotatable bonds is 8. The molecule has 0 aliphatic rings. The fourth-order valence-corrected chi connectivity index (χ4v) is 1.57. The van der Waals surface area contributed by atoms with Crippen molar-refractivity contribution >= 4 is 17.2 Å². The predicted octanol–water partition coefficient (Wildman–Crippen LogP) is 1.21. The molecule has 1 rings (SSSR count). The summed E-state index contributed by atoms with van der Waals surface area (Å²) in [4.78, 5) is 7.10. The van der Waals surface area contributed by atoms with Crippen LogP contribution in [-0.4, -0.2) is 41.7 Å². The van der Waals surface area contributed by atoms with Crippen molar-refractivity contribution in [2.75, 3.05) is 26.8 Å². The van der Waals surface area contributed by atoms with Gasteiger partial charge in [0.05, 0.1) is 17.3 Å². The zero-order valence-corrected chi connectivity index (χ0v) is 10.9. The molecule has 0 radical (unpaired) electrons. The van der Waals surface area contributed by atoms with Gasteiger partial charge >= 0.3 is 0 Å². The van der Waals surface area contributed by atoms with Gasteiger partial charge in [0.25, 0.3) is 0 Å². The van der Waals surface area contributed by atoms with E-state index in [2.05, 4.69) is 9.88 Å². The van der Waals surface area contributed by atoms with Crippen LogP contribution >= 0.6 is 12.2 Å². The number of hydrogen-bond donors (Lipinski definition) is 1. The Morgan fingerprint density at radius 3 is 2.88 bits per heavy atom. The van der Waals surface area contributed by atoms with Gasteiger partial charge in [0.15, 0.2) is 0 Å². The highest BCUT2D eigenvalue weighted by Gasteiger charge is 2.06. The fourth-order valence-electron chi connectivity index (χ4n) is 1.48. The highest BCUT2D eigenvalue weighted by molar-refractivity contribution is 7.80. The lowest BCUT2D eigenvalue weighted by Crippen LogP contribution is -2.30. The van der Waals surface area contributed by atoms with Crippen LogP contribution < -0.4 is 5.73 Å². The number of hydrogen-bond acceptors (Lipinski definition) is 4. The first-order valence-corrected chi connectivity index (χ1v) is 6.02. The molecule has 4 nitrogen and oxygen atoms in total. The Bertz CT molecular complexity index is 332. The second kappa shape index (κ2) is 8.11. The van der Waals surface area contributed by atoms with Gasteiger partial charge in [-0.15, -0.1) is 0 Å². The molecule has 0 saturated carbocycles. The quantitative estimate of drug-likeness (QED) is 0.706. The fraction of sp³-hybridized carbons (Fsp3) is 0.500. The van der Waals surface area contributed by atoms with E-state index in [1.54, 1.807) is 13.3 Å². The number of ether oxygens (including phenoxy) is 1. The molecular formula is C12H19N3OS. The van der Waals surface area contributed by atoms with E-state index in [0.29, 0.717) is 11.6 Å². The van der Waals surface area contributed by atoms with E-state index in [-0.39, 0.29) is 0 Å². The van der Waals surface area contributed by atoms with E-state index < -0.39 is 0 Å². The third kappa shape index (κ3) is 6.31. The summed E-state index contributed by atoms with van der Waals surface area (Å²) in [6.45, 7) is 3.20. The Kier molecular flexibility index (Phi) is 6.69. The summed E-state index contributed by atoms with van der Waals surface area (Å²) in [5, 5.41) is 0. The molecule has 0 fully saturated rings. The molecule has 2 N–H and O–H groups in total. The number of nitrogens with two attached hydrogens (primary N) is 1. The van der Waals surface area contributed by atoms with Gasteiger partial charge in [0.2, 0.25) is 0 Å². The molecule has 1 heterocycles. The normalized spacial score (nSPS) is 10.7. The Morgan fingerprint density at radius 1 is 1.47 bits per heavy atom. The molecule has 0 aliphatic heterocycles. The smallest absolute Gasteiger partial charge is 0.0740 e. The topological polar surface area (TPSA) is 51.4 Å². The molecule has 0 bridgehead atoms. The molecule has 1 aromatic rings. The van der Waals surface area contributed by atoms with Gasteiger partial charge in [-0.05, 0) is 12.1 Å². The second-order valence-electron chi connectivity index (χ2n) is 3.81. The summed E-state index contributed by atoms with van der Waals surface area (Å²) in [6, 6.07) is 5.92. The van der Waals surface area contributed by atoms with Gasteiger partial charge in [-0.3, -0.25) is 9.88 Å². The summed E-state index contributed by atoms with van der Waals surface area (Å²) in [7, 11) is 1.70. The molecule has 0 spiro atoms. The van der Waals surface area contributed by atoms with Gasteiger partial charge < -0.3 is 10.5 Å². The zero-order chi connectivity index (χ0) is 12.5. The average Bonchev–Trinajstić information content (AvgIpc) is 2.34. The molecule has 0 unspecified atom stereocenters. The maximum atomic E-state index is 5.52. The van der Waals surface area contributed by atoms with Crippen LogP contribution in [0.1, 0.15) is 12.1 Å². The van der Waals surface area contributed by atoms with E-state index in [9.17, 15) is 0 Å². The third-order valence-electron chi connectivity index (χ3n) is 2.40. The lowest BCUT2D eigenvalue weighted by atomic mass is 10.3. The van der Waals surface area contributed by atoms with Crippen molar-refractivity contribution < 1.29 is 4.74 Å². The van der Waals surface area contributed by atoms with Gasteiger partial charge in [0.1, 0.15) is 0 Å². The first-order valence-electron chi connectivity index (χ1n) is 5.62. The van der Waals surface area contributed by atoms with Crippen molar-refractivity contribution in [2.24, 2.45) is 5.73 Å². The molecular weight excluding hydrogens is 234 g/mol. The van der Waals surface area contributed by atoms with Gasteiger partial charge in [0, 0.05) is 39.4 Å². The molecule has 17 heavy (non-hydrogen) atoms. The van der Waals surface area contributed by atoms with Crippen LogP contribution in [0.2, 0.25) is 0 Å². The monoisotopic (exact) mass is 253 g/mol. The van der Waals surface area contributed by atoms with Crippen molar-refractivity contribution in [2.45, 2.75) is 13.0 Å². The largest absolute Gasteiger partial charge is 0.393 e. The van der Waals surface area contributed by atoms with Crippen molar-refractivity contribution in [1.82, 2.24) is 9.88 Å². The summed E-state index contributed by atoms with van der Waals surface area (Å²) in [5.41, 5.74) is 6.57. The average molecular weight is 253 g/mol. The third-order valence-corrected chi connectivity index (χ3v) is 2.60. The van der Waals surface area contributed by atoms with Crippen molar-refractivity contribution in [1.29, 1.82) is 0 Å². The molecule has 0 atom stereocenters. The first kappa shape index (κ1) is 14.0. The molecule has 5 heteroatoms. The van der Waals surface area contributed by atoms with Crippen molar-refractivity contribution in [3.8, 4) is 0 Å². The lowest BCUT2D eigenvalue weighted by molar-refractivity contribution is 0.145. The Balaban J connectivity index is 2.47. The van der Waals surface area contributed by atoms with Crippen LogP contribution in [0.5, 0.6) is 0 Å². The SMILES string of the molecule is COCCN(CCC(N)=S)Cc1ccccn1. The van der Waals surface area contributed by atoms with Crippen molar-refractivity contribution in [3.63, 3.8) is 0 Å². The molecule has 0 aliphatic carbocycles. The van der Waals surface area contributed by atoms with E-state index in [4.69, 9.17) is 22.7 Å². The summed E-state index contributed by atoms with van der Waals surface area (Å²) in [5.74, 6) is 0. The minimum absolute atomic E-state index is 0.549. The Hall–Kier alpha value is -1.04. The van der Waals surface area contributed by atoms with Crippen LogP contribution in [-0.2, 0) is 11.3 Å². The standard InChI is InChI=1S/C12H19N3OS/c1-16-9-8-15(7-5-12(13)17)10-11-4-2-3-6-14-11/h2-4,6H,5,7-10H2,1H3,(H2,13,17). The van der Waals surface area contributed by atoms with Crippen LogP contribution in [0, 0.1) is 0 Å². The predicted molar refractivity (Wildman–Crippen MR) is 72.8 cm³/mol. The van der Waals surface area contributed by atoms with Crippen LogP contribution in [0.4, 0.5) is 0 Å². The van der Waals surface area contributed by atoms with Crippen LogP contribution in [0.25, 0.3) is 0 Å². The molecule has 94 valence electrons. The van der Waals surface area contributed by atoms with Gasteiger partial charge in [-0.2, -0.15) is 0 Å². The van der Waals surface area contributed by atoms with E-state index in [1.165, 1.54) is 0 Å². The Labute approximate surface area is 108 Å². The van der Waals surface area contributed by atoms with Gasteiger partial charge in [-0.25, -0.2) is 0 Å². The second-order valence-corrected chi connectivity index (χ2v) is 4.33. The maximum absolute atomic E-state index is 5.52. The van der Waals surface area contributed by atoms with E-state index in [0.717, 1.165) is 31.7 Å². The first-order chi connectivity index (χ1) is 8.22. The molecule has 1 aromatic heterocycles. The summed E-state index contributed by atoms with van der Waals surface area (Å²) < 4.78 is 5.09. The number of thiocarbonyl (C=S) groups is 1. The molecule has 0 amide bonds. The number of aromatic nitrogens is 1. The minimum atomic E-state index is 0.549. The van der Waals surface area contributed by atoms with E-state index >= 15 is 0 Å². The molecule has 0 saturated heterocycles.